The van der Waals surface area contributed by atoms with Crippen molar-refractivity contribution in [3.63, 3.8) is 0 Å². The molecule has 1 aromatic carbocycles. The number of hydrogen-bond acceptors (Lipinski definition) is 3. The van der Waals surface area contributed by atoms with Gasteiger partial charge in [0, 0.05) is 6.54 Å². The van der Waals surface area contributed by atoms with Gasteiger partial charge in [-0.05, 0) is 43.9 Å². The third kappa shape index (κ3) is 3.66. The number of benzene rings is 1. The van der Waals surface area contributed by atoms with Crippen LogP contribution in [0.3, 0.4) is 0 Å². The molecule has 0 aromatic heterocycles. The standard InChI is InChI=1S/C18H20F3NO3/c1-11-15(6-3-7-25-11)17(24)22-10-14(23)9-16(22)12-4-2-5-13(8-12)18(19,20)21/h2,4-5,8,14,16,23H,3,6-7,9-10H2,1H3/t14-,16-/m0/s1. The van der Waals surface area contributed by atoms with E-state index in [2.05, 4.69) is 0 Å². The largest absolute Gasteiger partial charge is 0.498 e. The number of nitrogens with zero attached hydrogens (tertiary/aromatic N) is 1. The van der Waals surface area contributed by atoms with E-state index in [1.54, 1.807) is 13.0 Å². The van der Waals surface area contributed by atoms with Crippen molar-refractivity contribution in [2.24, 2.45) is 0 Å². The molecule has 0 spiro atoms. The minimum absolute atomic E-state index is 0.108. The molecule has 4 nitrogen and oxygen atoms in total. The highest BCUT2D eigenvalue weighted by atomic mass is 19.4. The van der Waals surface area contributed by atoms with Gasteiger partial charge in [-0.2, -0.15) is 13.2 Å². The molecule has 1 amide bonds. The van der Waals surface area contributed by atoms with Crippen LogP contribution < -0.4 is 0 Å². The van der Waals surface area contributed by atoms with E-state index < -0.39 is 23.9 Å². The monoisotopic (exact) mass is 355 g/mol. The number of halogens is 3. The third-order valence-electron chi connectivity index (χ3n) is 4.71. The van der Waals surface area contributed by atoms with Crippen molar-refractivity contribution < 1.29 is 27.8 Å². The molecule has 2 atom stereocenters. The molecule has 1 fully saturated rings. The van der Waals surface area contributed by atoms with Gasteiger partial charge in [0.2, 0.25) is 0 Å². The first-order valence-electron chi connectivity index (χ1n) is 8.26. The van der Waals surface area contributed by atoms with Crippen LogP contribution >= 0.6 is 0 Å². The number of carbonyl (C=O) groups is 1. The average molecular weight is 355 g/mol. The van der Waals surface area contributed by atoms with Crippen LogP contribution in [0.5, 0.6) is 0 Å². The van der Waals surface area contributed by atoms with E-state index in [-0.39, 0.29) is 18.9 Å². The van der Waals surface area contributed by atoms with Crippen LogP contribution in [-0.4, -0.2) is 35.2 Å². The molecule has 2 aliphatic heterocycles. The van der Waals surface area contributed by atoms with Gasteiger partial charge >= 0.3 is 6.18 Å². The molecule has 0 unspecified atom stereocenters. The fourth-order valence-electron chi connectivity index (χ4n) is 3.44. The van der Waals surface area contributed by atoms with Gasteiger partial charge in [-0.25, -0.2) is 0 Å². The van der Waals surface area contributed by atoms with Gasteiger partial charge < -0.3 is 14.7 Å². The molecule has 1 aromatic rings. The van der Waals surface area contributed by atoms with Crippen LogP contribution in [0.2, 0.25) is 0 Å². The molecular formula is C18H20F3NO3. The van der Waals surface area contributed by atoms with Crippen LogP contribution in [0.1, 0.15) is 43.4 Å². The molecule has 25 heavy (non-hydrogen) atoms. The molecule has 7 heteroatoms. The van der Waals surface area contributed by atoms with E-state index in [4.69, 9.17) is 4.74 Å². The zero-order valence-corrected chi connectivity index (χ0v) is 13.8. The number of aliphatic hydroxyl groups excluding tert-OH is 1. The third-order valence-corrected chi connectivity index (χ3v) is 4.71. The number of hydrogen-bond donors (Lipinski definition) is 1. The summed E-state index contributed by atoms with van der Waals surface area (Å²) in [5, 5.41) is 10.0. The molecule has 2 heterocycles. The Labute approximate surface area is 143 Å². The fourth-order valence-corrected chi connectivity index (χ4v) is 3.44. The lowest BCUT2D eigenvalue weighted by Gasteiger charge is -2.28. The van der Waals surface area contributed by atoms with Crippen LogP contribution in [-0.2, 0) is 15.7 Å². The first-order chi connectivity index (χ1) is 11.8. The Bertz CT molecular complexity index is 699. The maximum absolute atomic E-state index is 13.0. The summed E-state index contributed by atoms with van der Waals surface area (Å²) in [6.07, 6.45) is -3.68. The minimum Gasteiger partial charge on any atom is -0.498 e. The Balaban J connectivity index is 1.91. The van der Waals surface area contributed by atoms with Gasteiger partial charge in [-0.1, -0.05) is 12.1 Å². The Kier molecular flexibility index (Phi) is 4.77. The SMILES string of the molecule is CC1=C(C(=O)N2C[C@@H](O)C[C@H]2c2cccc(C(F)(F)F)c2)CCCO1. The summed E-state index contributed by atoms with van der Waals surface area (Å²) in [7, 11) is 0. The smallest absolute Gasteiger partial charge is 0.416 e. The molecule has 0 aliphatic carbocycles. The van der Waals surface area contributed by atoms with Crippen molar-refractivity contribution in [1.29, 1.82) is 0 Å². The maximum atomic E-state index is 13.0. The summed E-state index contributed by atoms with van der Waals surface area (Å²) in [6, 6.07) is 4.38. The Morgan fingerprint density at radius 1 is 1.36 bits per heavy atom. The first kappa shape index (κ1) is 17.8. The number of β-amino-alcohol motifs (C(OH)–C–C–N with tert-alkyl or cyclic N) is 1. The van der Waals surface area contributed by atoms with Crippen molar-refractivity contribution >= 4 is 5.91 Å². The quantitative estimate of drug-likeness (QED) is 0.884. The van der Waals surface area contributed by atoms with Crippen molar-refractivity contribution in [2.45, 2.75) is 44.5 Å². The van der Waals surface area contributed by atoms with E-state index >= 15 is 0 Å². The predicted molar refractivity (Wildman–Crippen MR) is 84.4 cm³/mol. The lowest BCUT2D eigenvalue weighted by molar-refractivity contribution is -0.137. The van der Waals surface area contributed by atoms with Gasteiger partial charge in [0.25, 0.3) is 5.91 Å². The van der Waals surface area contributed by atoms with E-state index in [9.17, 15) is 23.1 Å². The zero-order valence-electron chi connectivity index (χ0n) is 13.8. The summed E-state index contributed by atoms with van der Waals surface area (Å²) in [6.45, 7) is 2.39. The molecule has 1 saturated heterocycles. The second kappa shape index (κ2) is 6.71. The van der Waals surface area contributed by atoms with E-state index in [1.807, 2.05) is 0 Å². The van der Waals surface area contributed by atoms with Crippen molar-refractivity contribution in [2.75, 3.05) is 13.2 Å². The zero-order chi connectivity index (χ0) is 18.2. The molecule has 1 N–H and O–H groups in total. The number of allylic oxidation sites excluding steroid dienone is 1. The number of amides is 1. The van der Waals surface area contributed by atoms with Gasteiger partial charge in [0.15, 0.2) is 0 Å². The second-order valence-electron chi connectivity index (χ2n) is 6.47. The highest BCUT2D eigenvalue weighted by Crippen LogP contribution is 2.37. The van der Waals surface area contributed by atoms with Crippen molar-refractivity contribution in [3.05, 3.63) is 46.7 Å². The Morgan fingerprint density at radius 3 is 2.80 bits per heavy atom. The lowest BCUT2D eigenvalue weighted by Crippen LogP contribution is -2.34. The van der Waals surface area contributed by atoms with Crippen LogP contribution in [0.25, 0.3) is 0 Å². The summed E-state index contributed by atoms with van der Waals surface area (Å²) in [4.78, 5) is 14.3. The molecular weight excluding hydrogens is 335 g/mol. The summed E-state index contributed by atoms with van der Waals surface area (Å²) in [5.41, 5.74) is 0.169. The van der Waals surface area contributed by atoms with E-state index in [0.717, 1.165) is 18.6 Å². The number of aliphatic hydroxyl groups is 1. The highest BCUT2D eigenvalue weighted by molar-refractivity contribution is 5.94. The van der Waals surface area contributed by atoms with Crippen LogP contribution in [0.15, 0.2) is 35.6 Å². The number of carbonyl (C=O) groups excluding carboxylic acids is 1. The van der Waals surface area contributed by atoms with Crippen molar-refractivity contribution in [1.82, 2.24) is 4.90 Å². The molecule has 0 bridgehead atoms. The summed E-state index contributed by atoms with van der Waals surface area (Å²) in [5.74, 6) is 0.289. The normalized spacial score (nSPS) is 24.4. The fraction of sp³-hybridized carbons (Fsp3) is 0.500. The average Bonchev–Trinajstić information content (AvgIpc) is 2.96. The molecule has 2 aliphatic rings. The van der Waals surface area contributed by atoms with Crippen molar-refractivity contribution in [3.8, 4) is 0 Å². The maximum Gasteiger partial charge on any atom is 0.416 e. The van der Waals surface area contributed by atoms with Crippen LogP contribution in [0, 0.1) is 0 Å². The molecule has 0 saturated carbocycles. The van der Waals surface area contributed by atoms with Gasteiger partial charge in [-0.3, -0.25) is 4.79 Å². The van der Waals surface area contributed by atoms with E-state index in [0.29, 0.717) is 29.9 Å². The summed E-state index contributed by atoms with van der Waals surface area (Å²) < 4.78 is 44.3. The Morgan fingerprint density at radius 2 is 2.12 bits per heavy atom. The molecule has 3 rings (SSSR count). The number of ether oxygens (including phenoxy) is 1. The van der Waals surface area contributed by atoms with Gasteiger partial charge in [0.1, 0.15) is 5.76 Å². The number of alkyl halides is 3. The molecule has 0 radical (unpaired) electrons. The van der Waals surface area contributed by atoms with Crippen LogP contribution in [0.4, 0.5) is 13.2 Å². The number of rotatable bonds is 2. The topological polar surface area (TPSA) is 49.8 Å². The lowest BCUT2D eigenvalue weighted by atomic mass is 9.99. The number of likely N-dealkylation sites (tertiary alicyclic amines) is 1. The second-order valence-corrected chi connectivity index (χ2v) is 6.47. The summed E-state index contributed by atoms with van der Waals surface area (Å²) >= 11 is 0. The first-order valence-corrected chi connectivity index (χ1v) is 8.26. The van der Waals surface area contributed by atoms with Gasteiger partial charge in [0.05, 0.1) is 29.9 Å². The highest BCUT2D eigenvalue weighted by Gasteiger charge is 2.38. The minimum atomic E-state index is -4.45. The van der Waals surface area contributed by atoms with Gasteiger partial charge in [-0.15, -0.1) is 0 Å². The van der Waals surface area contributed by atoms with E-state index in [1.165, 1.54) is 11.0 Å². The predicted octanol–water partition coefficient (Wildman–Crippen LogP) is 3.42. The Hall–Kier alpha value is -2.02. The molecule has 136 valence electrons.